The van der Waals surface area contributed by atoms with Crippen molar-refractivity contribution in [1.29, 1.82) is 5.26 Å². The van der Waals surface area contributed by atoms with Crippen molar-refractivity contribution in [3.63, 3.8) is 0 Å². The molecule has 1 fully saturated rings. The maximum atomic E-state index is 9.65. The predicted octanol–water partition coefficient (Wildman–Crippen LogP) is 3.83. The molecule has 102 valence electrons. The zero-order chi connectivity index (χ0) is 13.9. The van der Waals surface area contributed by atoms with Crippen LogP contribution in [0.4, 0.5) is 5.69 Å². The standard InChI is InChI=1S/C16H22N2O/c1-12-5-4-10-16(11-17,13(12)2)18-14-6-8-15(19-3)9-7-14/h6-9,12-13,18H,4-5,10H2,1-3H3. The van der Waals surface area contributed by atoms with Crippen molar-refractivity contribution in [2.24, 2.45) is 11.8 Å². The molecular formula is C16H22N2O. The Morgan fingerprint density at radius 2 is 2.00 bits per heavy atom. The van der Waals surface area contributed by atoms with Gasteiger partial charge in [0.2, 0.25) is 0 Å². The summed E-state index contributed by atoms with van der Waals surface area (Å²) in [5, 5.41) is 13.1. The van der Waals surface area contributed by atoms with Crippen LogP contribution < -0.4 is 10.1 Å². The molecule has 1 N–H and O–H groups in total. The second-order valence-corrected chi connectivity index (χ2v) is 5.59. The van der Waals surface area contributed by atoms with Crippen molar-refractivity contribution in [1.82, 2.24) is 0 Å². The van der Waals surface area contributed by atoms with Crippen LogP contribution in [0.15, 0.2) is 24.3 Å². The zero-order valence-electron chi connectivity index (χ0n) is 11.9. The van der Waals surface area contributed by atoms with E-state index in [0.717, 1.165) is 24.3 Å². The fourth-order valence-corrected chi connectivity index (χ4v) is 2.96. The van der Waals surface area contributed by atoms with Gasteiger partial charge in [0.25, 0.3) is 0 Å². The zero-order valence-corrected chi connectivity index (χ0v) is 11.9. The lowest BCUT2D eigenvalue weighted by Crippen LogP contribution is -2.48. The van der Waals surface area contributed by atoms with Crippen LogP contribution in [0.1, 0.15) is 33.1 Å². The van der Waals surface area contributed by atoms with E-state index in [-0.39, 0.29) is 0 Å². The van der Waals surface area contributed by atoms with Crippen molar-refractivity contribution < 1.29 is 4.74 Å². The monoisotopic (exact) mass is 258 g/mol. The van der Waals surface area contributed by atoms with Crippen molar-refractivity contribution in [3.8, 4) is 11.8 Å². The van der Waals surface area contributed by atoms with E-state index >= 15 is 0 Å². The average molecular weight is 258 g/mol. The third-order valence-corrected chi connectivity index (χ3v) is 4.52. The first-order chi connectivity index (χ1) is 9.11. The lowest BCUT2D eigenvalue weighted by Gasteiger charge is -2.42. The Hall–Kier alpha value is -1.69. The fraction of sp³-hybridized carbons (Fsp3) is 0.562. The summed E-state index contributed by atoms with van der Waals surface area (Å²) in [5.74, 6) is 1.77. The molecule has 1 aromatic carbocycles. The number of nitriles is 1. The fourth-order valence-electron chi connectivity index (χ4n) is 2.96. The van der Waals surface area contributed by atoms with Gasteiger partial charge in [-0.1, -0.05) is 20.3 Å². The highest BCUT2D eigenvalue weighted by atomic mass is 16.5. The molecule has 1 aliphatic rings. The van der Waals surface area contributed by atoms with Crippen LogP contribution in [-0.2, 0) is 0 Å². The van der Waals surface area contributed by atoms with Gasteiger partial charge in [0.15, 0.2) is 0 Å². The Morgan fingerprint density at radius 1 is 1.32 bits per heavy atom. The molecule has 1 aromatic rings. The molecule has 19 heavy (non-hydrogen) atoms. The highest BCUT2D eigenvalue weighted by Crippen LogP contribution is 2.39. The highest BCUT2D eigenvalue weighted by Gasteiger charge is 2.41. The third kappa shape index (κ3) is 2.68. The van der Waals surface area contributed by atoms with Gasteiger partial charge in [0, 0.05) is 5.69 Å². The molecule has 0 saturated heterocycles. The maximum Gasteiger partial charge on any atom is 0.128 e. The molecule has 1 saturated carbocycles. The summed E-state index contributed by atoms with van der Waals surface area (Å²) in [7, 11) is 1.66. The molecular weight excluding hydrogens is 236 g/mol. The molecule has 0 aliphatic heterocycles. The summed E-state index contributed by atoms with van der Waals surface area (Å²) in [5.41, 5.74) is 0.551. The van der Waals surface area contributed by atoms with Gasteiger partial charge in [-0.3, -0.25) is 0 Å². The number of anilines is 1. The average Bonchev–Trinajstić information content (AvgIpc) is 2.45. The molecule has 0 heterocycles. The molecule has 3 unspecified atom stereocenters. The topological polar surface area (TPSA) is 45.0 Å². The number of ether oxygens (including phenoxy) is 1. The molecule has 3 heteroatoms. The molecule has 3 nitrogen and oxygen atoms in total. The smallest absolute Gasteiger partial charge is 0.128 e. The Balaban J connectivity index is 2.20. The Bertz CT molecular complexity index is 463. The lowest BCUT2D eigenvalue weighted by atomic mass is 9.69. The van der Waals surface area contributed by atoms with Crippen LogP contribution in [-0.4, -0.2) is 12.6 Å². The summed E-state index contributed by atoms with van der Waals surface area (Å²) >= 11 is 0. The molecule has 0 bridgehead atoms. The van der Waals surface area contributed by atoms with Crippen LogP contribution in [0.3, 0.4) is 0 Å². The largest absolute Gasteiger partial charge is 0.497 e. The van der Waals surface area contributed by atoms with E-state index in [2.05, 4.69) is 25.2 Å². The Labute approximate surface area is 115 Å². The molecule has 0 spiro atoms. The summed E-state index contributed by atoms with van der Waals surface area (Å²) in [6, 6.07) is 10.3. The normalized spacial score (nSPS) is 30.4. The minimum atomic E-state index is -0.438. The van der Waals surface area contributed by atoms with Crippen molar-refractivity contribution in [3.05, 3.63) is 24.3 Å². The van der Waals surface area contributed by atoms with E-state index < -0.39 is 5.54 Å². The quantitative estimate of drug-likeness (QED) is 0.896. The van der Waals surface area contributed by atoms with E-state index in [0.29, 0.717) is 11.8 Å². The first-order valence-electron chi connectivity index (χ1n) is 6.95. The number of methoxy groups -OCH3 is 1. The van der Waals surface area contributed by atoms with Gasteiger partial charge >= 0.3 is 0 Å². The number of nitrogens with one attached hydrogen (secondary N) is 1. The number of benzene rings is 1. The van der Waals surface area contributed by atoms with Gasteiger partial charge < -0.3 is 10.1 Å². The van der Waals surface area contributed by atoms with Gasteiger partial charge in [-0.05, 0) is 48.9 Å². The Kier molecular flexibility index (Phi) is 3.99. The second kappa shape index (κ2) is 5.52. The van der Waals surface area contributed by atoms with Gasteiger partial charge in [-0.2, -0.15) is 5.26 Å². The molecule has 2 rings (SSSR count). The summed E-state index contributed by atoms with van der Waals surface area (Å²) < 4.78 is 5.16. The van der Waals surface area contributed by atoms with Gasteiger partial charge in [-0.15, -0.1) is 0 Å². The lowest BCUT2D eigenvalue weighted by molar-refractivity contribution is 0.206. The number of rotatable bonds is 3. The summed E-state index contributed by atoms with van der Waals surface area (Å²) in [6.45, 7) is 4.43. The van der Waals surface area contributed by atoms with Crippen LogP contribution in [0.25, 0.3) is 0 Å². The molecule has 3 atom stereocenters. The maximum absolute atomic E-state index is 9.65. The number of nitrogens with zero attached hydrogens (tertiary/aromatic N) is 1. The number of hydrogen-bond donors (Lipinski definition) is 1. The van der Waals surface area contributed by atoms with Crippen molar-refractivity contribution in [2.75, 3.05) is 12.4 Å². The first kappa shape index (κ1) is 13.7. The van der Waals surface area contributed by atoms with Gasteiger partial charge in [-0.25, -0.2) is 0 Å². The second-order valence-electron chi connectivity index (χ2n) is 5.59. The van der Waals surface area contributed by atoms with Crippen LogP contribution in [0.5, 0.6) is 5.75 Å². The van der Waals surface area contributed by atoms with Crippen molar-refractivity contribution >= 4 is 5.69 Å². The van der Waals surface area contributed by atoms with Crippen LogP contribution >= 0.6 is 0 Å². The van der Waals surface area contributed by atoms with E-state index in [9.17, 15) is 5.26 Å². The Morgan fingerprint density at radius 3 is 2.58 bits per heavy atom. The summed E-state index contributed by atoms with van der Waals surface area (Å²) in [6.07, 6.45) is 3.25. The third-order valence-electron chi connectivity index (χ3n) is 4.52. The van der Waals surface area contributed by atoms with Gasteiger partial charge in [0.1, 0.15) is 11.3 Å². The minimum absolute atomic E-state index is 0.355. The van der Waals surface area contributed by atoms with E-state index in [4.69, 9.17) is 4.74 Å². The van der Waals surface area contributed by atoms with E-state index in [1.54, 1.807) is 7.11 Å². The van der Waals surface area contributed by atoms with E-state index in [1.165, 1.54) is 6.42 Å². The summed E-state index contributed by atoms with van der Waals surface area (Å²) in [4.78, 5) is 0. The van der Waals surface area contributed by atoms with Gasteiger partial charge in [0.05, 0.1) is 13.2 Å². The van der Waals surface area contributed by atoms with E-state index in [1.807, 2.05) is 24.3 Å². The molecule has 0 radical (unpaired) electrons. The SMILES string of the molecule is COc1ccc(NC2(C#N)CCCC(C)C2C)cc1. The first-order valence-corrected chi connectivity index (χ1v) is 6.95. The molecule has 0 amide bonds. The van der Waals surface area contributed by atoms with Crippen LogP contribution in [0, 0.1) is 23.2 Å². The molecule has 0 aromatic heterocycles. The van der Waals surface area contributed by atoms with Crippen molar-refractivity contribution in [2.45, 2.75) is 38.6 Å². The minimum Gasteiger partial charge on any atom is -0.497 e. The predicted molar refractivity (Wildman–Crippen MR) is 77.1 cm³/mol. The number of hydrogen-bond acceptors (Lipinski definition) is 3. The molecule has 1 aliphatic carbocycles. The highest BCUT2D eigenvalue weighted by molar-refractivity contribution is 5.50. The van der Waals surface area contributed by atoms with Crippen LogP contribution in [0.2, 0.25) is 0 Å².